The smallest absolute Gasteiger partial charge is 0.450 e. The van der Waals surface area contributed by atoms with Crippen LogP contribution in [0.15, 0.2) is 84.9 Å². The van der Waals surface area contributed by atoms with Gasteiger partial charge in [0.1, 0.15) is 5.75 Å². The molecule has 5 rings (SSSR count). The van der Waals surface area contributed by atoms with Gasteiger partial charge in [0, 0.05) is 23.7 Å². The first kappa shape index (κ1) is 25.5. The number of nitrogens with zero attached hydrogens (tertiary/aromatic N) is 2. The molecular weight excluding hydrogens is 489 g/mol. The van der Waals surface area contributed by atoms with E-state index < -0.39 is 12.0 Å². The minimum absolute atomic E-state index is 0.0272. The summed E-state index contributed by atoms with van der Waals surface area (Å²) in [5.41, 5.74) is 2.54. The number of ketones is 1. The summed E-state index contributed by atoms with van der Waals surface area (Å²) in [5, 5.41) is 2.11. The van der Waals surface area contributed by atoms with Crippen molar-refractivity contribution < 1.29 is 22.7 Å². The Morgan fingerprint density at radius 2 is 1.63 bits per heavy atom. The van der Waals surface area contributed by atoms with Gasteiger partial charge in [-0.3, -0.25) is 9.36 Å². The molecule has 0 N–H and O–H groups in total. The van der Waals surface area contributed by atoms with Crippen molar-refractivity contribution in [1.82, 2.24) is 9.55 Å². The van der Waals surface area contributed by atoms with E-state index in [9.17, 15) is 18.0 Å². The number of hydrogen-bond acceptors (Lipinski definition) is 3. The van der Waals surface area contributed by atoms with Crippen LogP contribution in [-0.4, -0.2) is 22.4 Å². The predicted molar refractivity (Wildman–Crippen MR) is 143 cm³/mol. The number of Topliss-reactive ketones (excluding diaryl/α,β-unsaturated/α-hetero) is 1. The molecule has 0 saturated heterocycles. The monoisotopic (exact) mass is 516 g/mol. The van der Waals surface area contributed by atoms with Crippen molar-refractivity contribution in [2.75, 3.05) is 7.11 Å². The maximum absolute atomic E-state index is 13.9. The largest absolute Gasteiger partial charge is 0.497 e. The zero-order chi connectivity index (χ0) is 27.0. The van der Waals surface area contributed by atoms with Crippen molar-refractivity contribution in [2.45, 2.75) is 32.4 Å². The highest BCUT2D eigenvalue weighted by Crippen LogP contribution is 2.36. The molecule has 5 aromatic rings. The van der Waals surface area contributed by atoms with Crippen molar-refractivity contribution >= 4 is 27.6 Å². The Labute approximate surface area is 218 Å². The highest BCUT2D eigenvalue weighted by Gasteiger charge is 2.38. The van der Waals surface area contributed by atoms with Crippen LogP contribution in [0.5, 0.6) is 5.75 Å². The highest BCUT2D eigenvalue weighted by atomic mass is 19.4. The standard InChI is InChI=1S/C31H27F3N2O2/c1-19(16-29(37)24-9-8-22-6-4-5-7-23(22)17-24)20(2)21-10-12-25(13-11-21)36-28-15-14-26(38-3)18-27(28)35-30(36)31(32,33)34/h4-15,17-20H,16H2,1-3H3. The Balaban J connectivity index is 1.38. The summed E-state index contributed by atoms with van der Waals surface area (Å²) in [6.45, 7) is 4.06. The van der Waals surface area contributed by atoms with Gasteiger partial charge in [-0.1, -0.05) is 62.4 Å². The summed E-state index contributed by atoms with van der Waals surface area (Å²) in [7, 11) is 1.46. The van der Waals surface area contributed by atoms with Crippen LogP contribution in [0.2, 0.25) is 0 Å². The molecule has 0 amide bonds. The van der Waals surface area contributed by atoms with Gasteiger partial charge < -0.3 is 4.74 Å². The molecule has 0 aliphatic rings. The number of rotatable bonds is 7. The maximum Gasteiger partial charge on any atom is 0.450 e. The zero-order valence-electron chi connectivity index (χ0n) is 21.3. The fourth-order valence-corrected chi connectivity index (χ4v) is 4.84. The molecule has 1 aromatic heterocycles. The number of imidazole rings is 1. The lowest BCUT2D eigenvalue weighted by molar-refractivity contribution is -0.145. The number of carbonyl (C=O) groups is 1. The molecule has 4 aromatic carbocycles. The third-order valence-corrected chi connectivity index (χ3v) is 7.22. The van der Waals surface area contributed by atoms with Gasteiger partial charge in [0.2, 0.25) is 5.82 Å². The third-order valence-electron chi connectivity index (χ3n) is 7.22. The van der Waals surface area contributed by atoms with Gasteiger partial charge in [-0.05, 0) is 58.5 Å². The van der Waals surface area contributed by atoms with Crippen LogP contribution in [0.3, 0.4) is 0 Å². The zero-order valence-corrected chi connectivity index (χ0v) is 21.3. The molecule has 0 fully saturated rings. The average Bonchev–Trinajstić information content (AvgIpc) is 3.32. The summed E-state index contributed by atoms with van der Waals surface area (Å²) >= 11 is 0. The van der Waals surface area contributed by atoms with Crippen LogP contribution in [0.4, 0.5) is 13.2 Å². The number of carbonyl (C=O) groups excluding carboxylic acids is 1. The average molecular weight is 517 g/mol. The normalized spacial score (nSPS) is 13.5. The topological polar surface area (TPSA) is 44.1 Å². The minimum Gasteiger partial charge on any atom is -0.497 e. The van der Waals surface area contributed by atoms with Gasteiger partial charge in [0.25, 0.3) is 0 Å². The van der Waals surface area contributed by atoms with E-state index in [0.717, 1.165) is 20.9 Å². The number of alkyl halides is 3. The van der Waals surface area contributed by atoms with Crippen LogP contribution in [0.1, 0.15) is 47.9 Å². The number of hydrogen-bond donors (Lipinski definition) is 0. The highest BCUT2D eigenvalue weighted by molar-refractivity contribution is 6.00. The summed E-state index contributed by atoms with van der Waals surface area (Å²) in [6.07, 6.45) is -4.26. The molecule has 0 spiro atoms. The van der Waals surface area contributed by atoms with Crippen LogP contribution in [0, 0.1) is 5.92 Å². The molecule has 0 radical (unpaired) electrons. The quantitative estimate of drug-likeness (QED) is 0.205. The second-order valence-corrected chi connectivity index (χ2v) is 9.67. The van der Waals surface area contributed by atoms with Gasteiger partial charge >= 0.3 is 6.18 Å². The molecule has 1 heterocycles. The Morgan fingerprint density at radius 1 is 0.921 bits per heavy atom. The van der Waals surface area contributed by atoms with Crippen LogP contribution in [-0.2, 0) is 6.18 Å². The van der Waals surface area contributed by atoms with E-state index in [2.05, 4.69) is 4.98 Å². The van der Waals surface area contributed by atoms with Crippen LogP contribution in [0.25, 0.3) is 27.5 Å². The first-order chi connectivity index (χ1) is 18.2. The number of methoxy groups -OCH3 is 1. The van der Waals surface area contributed by atoms with E-state index in [1.807, 2.05) is 68.4 Å². The fraction of sp³-hybridized carbons (Fsp3) is 0.226. The van der Waals surface area contributed by atoms with Gasteiger partial charge in [-0.15, -0.1) is 0 Å². The van der Waals surface area contributed by atoms with Crippen LogP contribution >= 0.6 is 0 Å². The lowest BCUT2D eigenvalue weighted by Gasteiger charge is -2.21. The third kappa shape index (κ3) is 4.88. The number of ether oxygens (including phenoxy) is 1. The first-order valence-corrected chi connectivity index (χ1v) is 12.4. The van der Waals surface area contributed by atoms with Gasteiger partial charge in [0.05, 0.1) is 18.1 Å². The number of fused-ring (bicyclic) bond motifs is 2. The second kappa shape index (κ2) is 9.97. The van der Waals surface area contributed by atoms with Gasteiger partial charge in [-0.25, -0.2) is 4.98 Å². The lowest BCUT2D eigenvalue weighted by atomic mass is 9.84. The summed E-state index contributed by atoms with van der Waals surface area (Å²) in [6, 6.07) is 25.3. The van der Waals surface area contributed by atoms with E-state index in [1.165, 1.54) is 13.2 Å². The fourth-order valence-electron chi connectivity index (χ4n) is 4.84. The van der Waals surface area contributed by atoms with E-state index >= 15 is 0 Å². The molecule has 0 aliphatic carbocycles. The number of aromatic nitrogens is 2. The molecule has 0 saturated carbocycles. The number of halogens is 3. The van der Waals surface area contributed by atoms with Gasteiger partial charge in [-0.2, -0.15) is 13.2 Å². The molecule has 0 bridgehead atoms. The Bertz CT molecular complexity index is 1620. The lowest BCUT2D eigenvalue weighted by Crippen LogP contribution is -2.14. The predicted octanol–water partition coefficient (Wildman–Crippen LogP) is 8.22. The van der Waals surface area contributed by atoms with Crippen molar-refractivity contribution in [3.05, 3.63) is 102 Å². The summed E-state index contributed by atoms with van der Waals surface area (Å²) < 4.78 is 47.9. The molecule has 194 valence electrons. The molecule has 2 atom stereocenters. The van der Waals surface area contributed by atoms with Gasteiger partial charge in [0.15, 0.2) is 5.78 Å². The summed E-state index contributed by atoms with van der Waals surface area (Å²) in [4.78, 5) is 16.9. The molecule has 4 nitrogen and oxygen atoms in total. The van der Waals surface area contributed by atoms with Crippen molar-refractivity contribution in [1.29, 1.82) is 0 Å². The van der Waals surface area contributed by atoms with E-state index in [1.54, 1.807) is 24.3 Å². The van der Waals surface area contributed by atoms with E-state index in [0.29, 0.717) is 28.9 Å². The molecular formula is C31H27F3N2O2. The first-order valence-electron chi connectivity index (χ1n) is 12.4. The Morgan fingerprint density at radius 3 is 2.32 bits per heavy atom. The van der Waals surface area contributed by atoms with Crippen molar-refractivity contribution in [2.24, 2.45) is 5.92 Å². The van der Waals surface area contributed by atoms with Crippen molar-refractivity contribution in [3.63, 3.8) is 0 Å². The molecule has 0 aliphatic heterocycles. The molecule has 38 heavy (non-hydrogen) atoms. The number of benzene rings is 4. The maximum atomic E-state index is 13.9. The Kier molecular flexibility index (Phi) is 6.69. The molecule has 7 heteroatoms. The Hall–Kier alpha value is -4.13. The summed E-state index contributed by atoms with van der Waals surface area (Å²) in [5.74, 6) is -0.420. The van der Waals surface area contributed by atoms with Crippen molar-refractivity contribution in [3.8, 4) is 11.4 Å². The van der Waals surface area contributed by atoms with Crippen LogP contribution < -0.4 is 4.74 Å². The van der Waals surface area contributed by atoms with E-state index in [4.69, 9.17) is 4.74 Å². The van der Waals surface area contributed by atoms with E-state index in [-0.39, 0.29) is 23.1 Å². The minimum atomic E-state index is -4.63. The molecule has 2 unspecified atom stereocenters. The second-order valence-electron chi connectivity index (χ2n) is 9.67. The SMILES string of the molecule is COc1ccc2c(c1)nc(C(F)(F)F)n2-c1ccc(C(C)C(C)CC(=O)c2ccc3ccccc3c2)cc1.